The number of fused-ring (bicyclic) bond motifs is 2. The van der Waals surface area contributed by atoms with E-state index < -0.39 is 6.10 Å². The number of halogens is 1. The predicted molar refractivity (Wildman–Crippen MR) is 140 cm³/mol. The number of amides is 1. The van der Waals surface area contributed by atoms with Gasteiger partial charge in [-0.05, 0) is 38.0 Å². The Morgan fingerprint density at radius 2 is 1.95 bits per heavy atom. The van der Waals surface area contributed by atoms with Crippen LogP contribution in [-0.2, 0) is 14.2 Å². The number of ether oxygens (including phenoxy) is 4. The van der Waals surface area contributed by atoms with Gasteiger partial charge in [0.05, 0.1) is 30.5 Å². The van der Waals surface area contributed by atoms with Crippen molar-refractivity contribution >= 4 is 34.5 Å². The molecule has 0 radical (unpaired) electrons. The fourth-order valence-electron chi connectivity index (χ4n) is 5.29. The number of carbonyl (C=O) groups excluding carboxylic acids is 1. The molecule has 3 aliphatic rings. The Morgan fingerprint density at radius 1 is 1.18 bits per heavy atom. The summed E-state index contributed by atoms with van der Waals surface area (Å²) in [6.45, 7) is 4.41. The molecule has 1 amide bonds. The van der Waals surface area contributed by atoms with Gasteiger partial charge in [0.1, 0.15) is 23.8 Å². The number of aliphatic hydroxyl groups is 1. The van der Waals surface area contributed by atoms with Gasteiger partial charge < -0.3 is 34.3 Å². The number of anilines is 1. The highest BCUT2D eigenvalue weighted by molar-refractivity contribution is 6.33. The van der Waals surface area contributed by atoms with Crippen molar-refractivity contribution in [1.29, 1.82) is 0 Å². The fraction of sp³-hybridized carbons (Fsp3) is 0.500. The van der Waals surface area contributed by atoms with Crippen molar-refractivity contribution in [3.8, 4) is 17.3 Å². The second-order valence-electron chi connectivity index (χ2n) is 9.72. The van der Waals surface area contributed by atoms with Crippen LogP contribution >= 0.6 is 11.6 Å². The lowest BCUT2D eigenvalue weighted by Gasteiger charge is -2.33. The average Bonchev–Trinajstić information content (AvgIpc) is 3.61. The first-order valence-corrected chi connectivity index (χ1v) is 13.3. The van der Waals surface area contributed by atoms with Gasteiger partial charge in [-0.15, -0.1) is 0 Å². The van der Waals surface area contributed by atoms with Gasteiger partial charge in [-0.3, -0.25) is 4.98 Å². The van der Waals surface area contributed by atoms with E-state index >= 15 is 0 Å². The highest BCUT2D eigenvalue weighted by atomic mass is 35.5. The van der Waals surface area contributed by atoms with Crippen LogP contribution in [0.1, 0.15) is 19.8 Å². The molecule has 0 bridgehead atoms. The lowest BCUT2D eigenvalue weighted by Crippen LogP contribution is -2.44. The summed E-state index contributed by atoms with van der Waals surface area (Å²) < 4.78 is 22.2. The SMILES string of the molecule is CCOC(=O)NC1CCN(c2ccc(-c3nc4[nH]c(O[C@@H]5CO[C@H]6[C@@H]5OC[C@H]6O)nc4cc3Cl)cc2)CC1. The molecule has 11 nitrogen and oxygen atoms in total. The molecule has 0 aliphatic carbocycles. The Kier molecular flexibility index (Phi) is 7.00. The molecule has 3 fully saturated rings. The zero-order valence-corrected chi connectivity index (χ0v) is 21.7. The Labute approximate surface area is 224 Å². The summed E-state index contributed by atoms with van der Waals surface area (Å²) in [5.74, 6) is 0. The van der Waals surface area contributed by atoms with Crippen LogP contribution in [0.15, 0.2) is 30.3 Å². The molecule has 4 atom stereocenters. The molecule has 0 spiro atoms. The van der Waals surface area contributed by atoms with Crippen molar-refractivity contribution in [3.63, 3.8) is 0 Å². The van der Waals surface area contributed by atoms with Gasteiger partial charge in [0.15, 0.2) is 11.8 Å². The topological polar surface area (TPSA) is 131 Å². The van der Waals surface area contributed by atoms with Crippen LogP contribution in [-0.4, -0.2) is 89.5 Å². The van der Waals surface area contributed by atoms with E-state index in [-0.39, 0.29) is 37.1 Å². The normalized spacial score (nSPS) is 25.5. The molecule has 3 aromatic rings. The minimum Gasteiger partial charge on any atom is -0.456 e. The van der Waals surface area contributed by atoms with E-state index in [2.05, 4.69) is 32.3 Å². The third-order valence-corrected chi connectivity index (χ3v) is 7.53. The first-order chi connectivity index (χ1) is 18.5. The molecule has 12 heteroatoms. The molecule has 3 saturated heterocycles. The number of hydrogen-bond donors (Lipinski definition) is 3. The maximum atomic E-state index is 11.7. The van der Waals surface area contributed by atoms with Crippen LogP contribution < -0.4 is 15.0 Å². The van der Waals surface area contributed by atoms with E-state index in [1.807, 2.05) is 12.1 Å². The van der Waals surface area contributed by atoms with Crippen LogP contribution in [0.5, 0.6) is 6.01 Å². The van der Waals surface area contributed by atoms with E-state index in [0.29, 0.717) is 41.1 Å². The van der Waals surface area contributed by atoms with E-state index in [0.717, 1.165) is 37.2 Å². The van der Waals surface area contributed by atoms with Crippen molar-refractivity contribution in [2.24, 2.45) is 0 Å². The van der Waals surface area contributed by atoms with Crippen molar-refractivity contribution < 1.29 is 28.8 Å². The number of nitrogens with one attached hydrogen (secondary N) is 2. The Bertz CT molecular complexity index is 1300. The number of alkyl carbamates (subject to hydrolysis) is 1. The van der Waals surface area contributed by atoms with Crippen LogP contribution in [0, 0.1) is 0 Å². The van der Waals surface area contributed by atoms with Crippen LogP contribution in [0.25, 0.3) is 22.4 Å². The van der Waals surface area contributed by atoms with Crippen LogP contribution in [0.3, 0.4) is 0 Å². The number of carbonyl (C=O) groups is 1. The Morgan fingerprint density at radius 3 is 2.71 bits per heavy atom. The number of hydrogen-bond acceptors (Lipinski definition) is 9. The van der Waals surface area contributed by atoms with Crippen molar-refractivity contribution in [1.82, 2.24) is 20.3 Å². The first-order valence-electron chi connectivity index (χ1n) is 12.9. The van der Waals surface area contributed by atoms with Gasteiger partial charge in [0, 0.05) is 30.4 Å². The molecule has 0 unspecified atom stereocenters. The number of H-pyrrole nitrogens is 1. The maximum Gasteiger partial charge on any atom is 0.407 e. The summed E-state index contributed by atoms with van der Waals surface area (Å²) in [6.07, 6.45) is -0.351. The van der Waals surface area contributed by atoms with Gasteiger partial charge in [-0.25, -0.2) is 9.78 Å². The molecule has 0 saturated carbocycles. The summed E-state index contributed by atoms with van der Waals surface area (Å²) in [5, 5.41) is 13.4. The highest BCUT2D eigenvalue weighted by Gasteiger charge is 2.48. The summed E-state index contributed by atoms with van der Waals surface area (Å²) in [4.78, 5) is 26.3. The first kappa shape index (κ1) is 25.2. The summed E-state index contributed by atoms with van der Waals surface area (Å²) in [5.41, 5.74) is 3.78. The quantitative estimate of drug-likeness (QED) is 0.429. The van der Waals surface area contributed by atoms with E-state index in [1.54, 1.807) is 13.0 Å². The number of aliphatic hydroxyl groups excluding tert-OH is 1. The minimum atomic E-state index is -0.640. The van der Waals surface area contributed by atoms with Crippen molar-refractivity contribution in [2.75, 3.05) is 37.8 Å². The van der Waals surface area contributed by atoms with E-state index in [4.69, 9.17) is 35.5 Å². The highest BCUT2D eigenvalue weighted by Crippen LogP contribution is 2.33. The lowest BCUT2D eigenvalue weighted by atomic mass is 10.0. The Balaban J connectivity index is 1.12. The second kappa shape index (κ2) is 10.6. The molecule has 202 valence electrons. The molecule has 3 aliphatic heterocycles. The molecule has 6 rings (SSSR count). The number of nitrogens with zero attached hydrogens (tertiary/aromatic N) is 3. The third kappa shape index (κ3) is 4.98. The second-order valence-corrected chi connectivity index (χ2v) is 10.1. The maximum absolute atomic E-state index is 11.7. The average molecular weight is 544 g/mol. The molecule has 2 aromatic heterocycles. The number of rotatable bonds is 6. The van der Waals surface area contributed by atoms with E-state index in [1.165, 1.54) is 0 Å². The smallest absolute Gasteiger partial charge is 0.407 e. The van der Waals surface area contributed by atoms with Crippen molar-refractivity contribution in [2.45, 2.75) is 50.2 Å². The Hall–Kier alpha value is -3.12. The zero-order valence-electron chi connectivity index (χ0n) is 20.9. The largest absolute Gasteiger partial charge is 0.456 e. The standard InChI is InChI=1S/C26H30ClN5O6/c1-2-35-26(34)28-15-7-9-32(10-8-15)16-5-3-14(4-6-16)21-17(27)11-18-24(30-21)31-25(29-18)38-20-13-37-22-19(33)12-36-23(20)22/h3-6,11,15,19-20,22-23,33H,2,7-10,12-13H2,1H3,(H,28,34)(H,29,30,31)/t19-,20-,22-,23-/m1/s1. The number of pyridine rings is 1. The van der Waals surface area contributed by atoms with Gasteiger partial charge in [0.2, 0.25) is 0 Å². The number of aromatic amines is 1. The monoisotopic (exact) mass is 543 g/mol. The fourth-order valence-corrected chi connectivity index (χ4v) is 5.55. The predicted octanol–water partition coefficient (Wildman–Crippen LogP) is 2.90. The molecular formula is C26H30ClN5O6. The molecule has 5 heterocycles. The number of imidazole rings is 1. The third-order valence-electron chi connectivity index (χ3n) is 7.25. The van der Waals surface area contributed by atoms with Gasteiger partial charge >= 0.3 is 6.09 Å². The van der Waals surface area contributed by atoms with Crippen LogP contribution in [0.2, 0.25) is 5.02 Å². The van der Waals surface area contributed by atoms with Gasteiger partial charge in [0.25, 0.3) is 6.01 Å². The van der Waals surface area contributed by atoms with E-state index in [9.17, 15) is 9.90 Å². The molecule has 1 aromatic carbocycles. The lowest BCUT2D eigenvalue weighted by molar-refractivity contribution is 0.00706. The van der Waals surface area contributed by atoms with Gasteiger partial charge in [-0.2, -0.15) is 4.98 Å². The van der Waals surface area contributed by atoms with Gasteiger partial charge in [-0.1, -0.05) is 23.7 Å². The molecular weight excluding hydrogens is 514 g/mol. The zero-order chi connectivity index (χ0) is 26.2. The summed E-state index contributed by atoms with van der Waals surface area (Å²) >= 11 is 6.59. The number of piperidine rings is 1. The summed E-state index contributed by atoms with van der Waals surface area (Å²) in [6, 6.07) is 10.3. The van der Waals surface area contributed by atoms with Crippen molar-refractivity contribution in [3.05, 3.63) is 35.4 Å². The van der Waals surface area contributed by atoms with Crippen LogP contribution in [0.4, 0.5) is 10.5 Å². The molecule has 38 heavy (non-hydrogen) atoms. The summed E-state index contributed by atoms with van der Waals surface area (Å²) in [7, 11) is 0. The number of aromatic nitrogens is 3. The minimum absolute atomic E-state index is 0.127. The molecule has 3 N–H and O–H groups in total. The number of benzene rings is 1.